The molecule has 0 spiro atoms. The number of benzene rings is 1. The Hall–Kier alpha value is -3.27. The molecular formula is C33H41ClF3N7O4S. The molecule has 6 aliphatic rings. The summed E-state index contributed by atoms with van der Waals surface area (Å²) >= 11 is 7.59. The number of hydrogen-bond donors (Lipinski definition) is 2. The van der Waals surface area contributed by atoms with Gasteiger partial charge in [-0.3, -0.25) is 15.0 Å². The highest BCUT2D eigenvalue weighted by Crippen LogP contribution is 2.38. The standard InChI is InChI=1S/C33H41ClF3N7O4S/c34-25-16-20(15-24(28(25)38)33(35,36)37)17-27(30(45)42-12-10-41(11-13-42)26-19-40-6-1-21(26)2-7-40)48-32(47)43-8-3-23(4-9-43)44-18-22-5-14-49-29(22)39-31(44)46/h5,14-16,21,23,26-27H,1-4,6-13,17-19,38H2,(H,39,46)/t26?,27-/m1/s1. The number of urea groups is 1. The topological polar surface area (TPSA) is 115 Å². The number of rotatable bonds is 6. The second-order valence-electron chi connectivity index (χ2n) is 13.7. The summed E-state index contributed by atoms with van der Waals surface area (Å²) in [6, 6.07) is 4.35. The van der Waals surface area contributed by atoms with E-state index in [-0.39, 0.29) is 29.1 Å². The van der Waals surface area contributed by atoms with Crippen LogP contribution in [0.3, 0.4) is 0 Å². The largest absolute Gasteiger partial charge is 0.436 e. The number of piperazine rings is 1. The summed E-state index contributed by atoms with van der Waals surface area (Å²) in [5.41, 5.74) is 5.10. The molecular weight excluding hydrogens is 683 g/mol. The van der Waals surface area contributed by atoms with Crippen LogP contribution in [0.15, 0.2) is 23.6 Å². The maximum atomic E-state index is 14.0. The van der Waals surface area contributed by atoms with Gasteiger partial charge in [-0.15, -0.1) is 11.3 Å². The van der Waals surface area contributed by atoms with Crippen molar-refractivity contribution >= 4 is 51.7 Å². The zero-order valence-electron chi connectivity index (χ0n) is 27.1. The molecule has 1 aromatic heterocycles. The smallest absolute Gasteiger partial charge is 0.418 e. The quantitative estimate of drug-likeness (QED) is 0.412. The average Bonchev–Trinajstić information content (AvgIpc) is 3.56. The minimum atomic E-state index is -4.76. The number of nitrogens with one attached hydrogen (secondary N) is 1. The number of piperidine rings is 4. The lowest BCUT2D eigenvalue weighted by Crippen LogP contribution is -2.62. The Morgan fingerprint density at radius 1 is 1.02 bits per heavy atom. The first-order valence-corrected chi connectivity index (χ1v) is 18.2. The number of halogens is 4. The monoisotopic (exact) mass is 723 g/mol. The number of amides is 4. The van der Waals surface area contributed by atoms with Crippen molar-refractivity contribution in [3.8, 4) is 0 Å². The Morgan fingerprint density at radius 2 is 1.73 bits per heavy atom. The van der Waals surface area contributed by atoms with E-state index in [0.717, 1.165) is 36.3 Å². The van der Waals surface area contributed by atoms with Crippen LogP contribution in [-0.2, 0) is 28.7 Å². The van der Waals surface area contributed by atoms with E-state index in [0.29, 0.717) is 70.6 Å². The molecule has 0 aliphatic carbocycles. The van der Waals surface area contributed by atoms with Gasteiger partial charge < -0.3 is 30.1 Å². The van der Waals surface area contributed by atoms with E-state index >= 15 is 0 Å². The predicted molar refractivity (Wildman–Crippen MR) is 179 cm³/mol. The average molecular weight is 724 g/mol. The van der Waals surface area contributed by atoms with Crippen LogP contribution in [0.25, 0.3) is 0 Å². The van der Waals surface area contributed by atoms with Gasteiger partial charge in [0.1, 0.15) is 5.00 Å². The lowest BCUT2D eigenvalue weighted by Gasteiger charge is -2.51. The van der Waals surface area contributed by atoms with Gasteiger partial charge in [0.2, 0.25) is 0 Å². The van der Waals surface area contributed by atoms with Crippen molar-refractivity contribution in [3.63, 3.8) is 0 Å². The highest BCUT2D eigenvalue weighted by atomic mass is 35.5. The van der Waals surface area contributed by atoms with Gasteiger partial charge in [0, 0.05) is 69.9 Å². The summed E-state index contributed by atoms with van der Waals surface area (Å²) in [5, 5.41) is 5.43. The molecule has 5 saturated heterocycles. The molecule has 6 aliphatic heterocycles. The van der Waals surface area contributed by atoms with Crippen molar-refractivity contribution in [1.82, 2.24) is 24.5 Å². The summed E-state index contributed by atoms with van der Waals surface area (Å²) in [6.07, 6.45) is -3.72. The van der Waals surface area contributed by atoms with Gasteiger partial charge in [0.05, 0.1) is 22.8 Å². The van der Waals surface area contributed by atoms with Crippen LogP contribution in [0.2, 0.25) is 5.02 Å². The summed E-state index contributed by atoms with van der Waals surface area (Å²) in [6.45, 7) is 6.63. The van der Waals surface area contributed by atoms with Crippen molar-refractivity contribution in [2.45, 2.75) is 63.0 Å². The molecule has 2 bridgehead atoms. The number of nitrogens with zero attached hydrogens (tertiary/aromatic N) is 5. The number of hydrogen-bond acceptors (Lipinski definition) is 8. The second-order valence-corrected chi connectivity index (χ2v) is 15.1. The van der Waals surface area contributed by atoms with Crippen LogP contribution < -0.4 is 11.1 Å². The van der Waals surface area contributed by atoms with Crippen LogP contribution in [0.5, 0.6) is 0 Å². The molecule has 49 heavy (non-hydrogen) atoms. The third-order valence-corrected chi connectivity index (χ3v) is 12.1. The highest BCUT2D eigenvalue weighted by molar-refractivity contribution is 7.14. The molecule has 16 heteroatoms. The fourth-order valence-corrected chi connectivity index (χ4v) is 9.13. The summed E-state index contributed by atoms with van der Waals surface area (Å²) in [7, 11) is 0. The van der Waals surface area contributed by atoms with Crippen molar-refractivity contribution in [2.75, 3.05) is 70.0 Å². The lowest BCUT2D eigenvalue weighted by molar-refractivity contribution is -0.143. The third-order valence-electron chi connectivity index (χ3n) is 10.9. The minimum Gasteiger partial charge on any atom is -0.436 e. The zero-order chi connectivity index (χ0) is 34.4. The molecule has 4 amide bonds. The van der Waals surface area contributed by atoms with Crippen LogP contribution in [-0.4, -0.2) is 120 Å². The first kappa shape index (κ1) is 34.2. The first-order valence-electron chi connectivity index (χ1n) is 16.9. The molecule has 11 nitrogen and oxygen atoms in total. The Labute approximate surface area is 292 Å². The van der Waals surface area contributed by atoms with Crippen LogP contribution in [0.4, 0.5) is 33.4 Å². The molecule has 266 valence electrons. The number of nitrogens with two attached hydrogens (primary N) is 1. The number of thiophene rings is 1. The van der Waals surface area contributed by atoms with Crippen molar-refractivity contribution in [1.29, 1.82) is 0 Å². The van der Waals surface area contributed by atoms with Gasteiger partial charge in [-0.05, 0) is 73.8 Å². The van der Waals surface area contributed by atoms with E-state index in [9.17, 15) is 27.6 Å². The molecule has 1 unspecified atom stereocenters. The number of nitrogen functional groups attached to an aromatic ring is 1. The van der Waals surface area contributed by atoms with Gasteiger partial charge in [0.15, 0.2) is 6.10 Å². The SMILES string of the molecule is Nc1c(Cl)cc(C[C@@H](OC(=O)N2CCC(N3Cc4ccsc4NC3=O)CC2)C(=O)N2CCN(C3CN4CCC3CC4)CC2)cc1C(F)(F)F. The van der Waals surface area contributed by atoms with E-state index in [1.54, 1.807) is 9.80 Å². The van der Waals surface area contributed by atoms with Crippen LogP contribution >= 0.6 is 22.9 Å². The summed E-state index contributed by atoms with van der Waals surface area (Å²) < 4.78 is 47.3. The van der Waals surface area contributed by atoms with Gasteiger partial charge in [0.25, 0.3) is 5.91 Å². The van der Waals surface area contributed by atoms with Crippen molar-refractivity contribution in [2.24, 2.45) is 5.92 Å². The first-order chi connectivity index (χ1) is 23.4. The van der Waals surface area contributed by atoms with E-state index < -0.39 is 35.5 Å². The molecule has 7 heterocycles. The van der Waals surface area contributed by atoms with E-state index in [2.05, 4.69) is 15.1 Å². The predicted octanol–water partition coefficient (Wildman–Crippen LogP) is 4.80. The van der Waals surface area contributed by atoms with E-state index in [1.165, 1.54) is 35.1 Å². The van der Waals surface area contributed by atoms with Gasteiger partial charge in [-0.25, -0.2) is 9.59 Å². The normalized spacial score (nSPS) is 25.6. The molecule has 5 fully saturated rings. The number of likely N-dealkylation sites (tertiary alicyclic amines) is 1. The lowest BCUT2D eigenvalue weighted by atomic mass is 9.83. The van der Waals surface area contributed by atoms with Crippen molar-refractivity contribution in [3.05, 3.63) is 45.3 Å². The molecule has 2 atom stereocenters. The third kappa shape index (κ3) is 7.17. The van der Waals surface area contributed by atoms with Gasteiger partial charge in [-0.1, -0.05) is 11.6 Å². The minimum absolute atomic E-state index is 0.0836. The summed E-state index contributed by atoms with van der Waals surface area (Å²) in [4.78, 5) is 50.2. The number of carbonyl (C=O) groups is 3. The van der Waals surface area contributed by atoms with E-state index in [4.69, 9.17) is 22.1 Å². The Morgan fingerprint density at radius 3 is 2.39 bits per heavy atom. The second kappa shape index (κ2) is 13.8. The van der Waals surface area contributed by atoms with Gasteiger partial charge in [-0.2, -0.15) is 13.2 Å². The maximum absolute atomic E-state index is 14.0. The maximum Gasteiger partial charge on any atom is 0.418 e. The molecule has 8 rings (SSSR count). The summed E-state index contributed by atoms with van der Waals surface area (Å²) in [5.74, 6) is 0.204. The fourth-order valence-electron chi connectivity index (χ4n) is 8.09. The van der Waals surface area contributed by atoms with E-state index in [1.807, 2.05) is 11.4 Å². The zero-order valence-corrected chi connectivity index (χ0v) is 28.7. The number of anilines is 2. The van der Waals surface area contributed by atoms with Gasteiger partial charge >= 0.3 is 18.3 Å². The van der Waals surface area contributed by atoms with Crippen molar-refractivity contribution < 1.29 is 32.3 Å². The molecule has 3 N–H and O–H groups in total. The molecule has 1 aromatic carbocycles. The Bertz CT molecular complexity index is 1570. The fraction of sp³-hybridized carbons (Fsp3) is 0.606. The number of carbonyl (C=O) groups excluding carboxylic acids is 3. The molecule has 0 radical (unpaired) electrons. The number of ether oxygens (including phenoxy) is 1. The molecule has 0 saturated carbocycles. The number of fused-ring (bicyclic) bond motifs is 4. The Kier molecular flexibility index (Phi) is 9.63. The van der Waals surface area contributed by atoms with Crippen LogP contribution in [0.1, 0.15) is 42.4 Å². The highest BCUT2D eigenvalue weighted by Gasteiger charge is 2.41. The Balaban J connectivity index is 1.03. The van der Waals surface area contributed by atoms with Crippen LogP contribution in [0, 0.1) is 5.92 Å². The molecule has 2 aromatic rings. The number of alkyl halides is 3.